The Morgan fingerprint density at radius 1 is 1.32 bits per heavy atom. The van der Waals surface area contributed by atoms with Gasteiger partial charge in [-0.25, -0.2) is 0 Å². The van der Waals surface area contributed by atoms with Crippen LogP contribution in [0.25, 0.3) is 0 Å². The maximum atomic E-state index is 9.35. The SMILES string of the molecule is CC1(C)CC(CO)CN1Cc1ccc2c(c1)OCO2. The third kappa shape index (κ3) is 2.42. The molecule has 1 aromatic carbocycles. The summed E-state index contributed by atoms with van der Waals surface area (Å²) >= 11 is 0. The van der Waals surface area contributed by atoms with Crippen LogP contribution in [0.3, 0.4) is 0 Å². The topological polar surface area (TPSA) is 41.9 Å². The van der Waals surface area contributed by atoms with E-state index in [4.69, 9.17) is 9.47 Å². The Hall–Kier alpha value is -1.26. The predicted molar refractivity (Wildman–Crippen MR) is 72.2 cm³/mol. The van der Waals surface area contributed by atoms with Crippen molar-refractivity contribution < 1.29 is 14.6 Å². The number of likely N-dealkylation sites (tertiary alicyclic amines) is 1. The molecule has 0 aliphatic carbocycles. The summed E-state index contributed by atoms with van der Waals surface area (Å²) in [5.74, 6) is 2.06. The maximum absolute atomic E-state index is 9.35. The van der Waals surface area contributed by atoms with Gasteiger partial charge in [0.25, 0.3) is 0 Å². The van der Waals surface area contributed by atoms with Crippen LogP contribution in [0.1, 0.15) is 25.8 Å². The molecule has 1 fully saturated rings. The Balaban J connectivity index is 1.74. The fraction of sp³-hybridized carbons (Fsp3) is 0.600. The highest BCUT2D eigenvalue weighted by molar-refractivity contribution is 5.44. The minimum Gasteiger partial charge on any atom is -0.454 e. The Bertz CT molecular complexity index is 472. The zero-order valence-electron chi connectivity index (χ0n) is 11.6. The fourth-order valence-corrected chi connectivity index (χ4v) is 3.12. The first-order valence-corrected chi connectivity index (χ1v) is 6.83. The largest absolute Gasteiger partial charge is 0.454 e. The molecule has 1 unspecified atom stereocenters. The molecule has 0 bridgehead atoms. The second-order valence-corrected chi connectivity index (χ2v) is 6.13. The van der Waals surface area contributed by atoms with Gasteiger partial charge < -0.3 is 14.6 Å². The van der Waals surface area contributed by atoms with Crippen molar-refractivity contribution in [3.63, 3.8) is 0 Å². The number of aliphatic hydroxyl groups excluding tert-OH is 1. The first kappa shape index (κ1) is 12.8. The van der Waals surface area contributed by atoms with Crippen LogP contribution in [0, 0.1) is 5.92 Å². The van der Waals surface area contributed by atoms with E-state index >= 15 is 0 Å². The molecule has 1 N–H and O–H groups in total. The molecular formula is C15H21NO3. The maximum Gasteiger partial charge on any atom is 0.231 e. The van der Waals surface area contributed by atoms with E-state index in [0.717, 1.165) is 31.0 Å². The summed E-state index contributed by atoms with van der Waals surface area (Å²) < 4.78 is 10.7. The van der Waals surface area contributed by atoms with Crippen molar-refractivity contribution in [2.75, 3.05) is 19.9 Å². The van der Waals surface area contributed by atoms with Crippen molar-refractivity contribution in [3.05, 3.63) is 23.8 Å². The second kappa shape index (κ2) is 4.69. The molecule has 0 amide bonds. The summed E-state index contributed by atoms with van der Waals surface area (Å²) in [5.41, 5.74) is 1.37. The lowest BCUT2D eigenvalue weighted by atomic mass is 9.97. The van der Waals surface area contributed by atoms with E-state index < -0.39 is 0 Å². The van der Waals surface area contributed by atoms with Gasteiger partial charge >= 0.3 is 0 Å². The summed E-state index contributed by atoms with van der Waals surface area (Å²) in [7, 11) is 0. The Morgan fingerprint density at radius 2 is 2.11 bits per heavy atom. The normalized spacial score (nSPS) is 24.9. The lowest BCUT2D eigenvalue weighted by molar-refractivity contribution is 0.163. The molecule has 0 radical (unpaired) electrons. The van der Waals surface area contributed by atoms with Crippen LogP contribution in [-0.2, 0) is 6.54 Å². The minimum absolute atomic E-state index is 0.143. The van der Waals surface area contributed by atoms with Gasteiger partial charge in [-0.1, -0.05) is 6.07 Å². The molecule has 4 heteroatoms. The van der Waals surface area contributed by atoms with Crippen molar-refractivity contribution >= 4 is 0 Å². The molecule has 3 rings (SSSR count). The summed E-state index contributed by atoms with van der Waals surface area (Å²) in [6, 6.07) is 6.13. The monoisotopic (exact) mass is 263 g/mol. The molecule has 0 spiro atoms. The smallest absolute Gasteiger partial charge is 0.231 e. The van der Waals surface area contributed by atoms with Crippen LogP contribution >= 0.6 is 0 Å². The molecular weight excluding hydrogens is 242 g/mol. The number of rotatable bonds is 3. The van der Waals surface area contributed by atoms with Crippen LogP contribution in [0.4, 0.5) is 0 Å². The van der Waals surface area contributed by atoms with E-state index in [1.165, 1.54) is 5.56 Å². The molecule has 2 aliphatic rings. The van der Waals surface area contributed by atoms with Crippen LogP contribution in [0.5, 0.6) is 11.5 Å². The van der Waals surface area contributed by atoms with E-state index in [1.54, 1.807) is 0 Å². The summed E-state index contributed by atoms with van der Waals surface area (Å²) in [6.07, 6.45) is 1.05. The number of nitrogens with zero attached hydrogens (tertiary/aromatic N) is 1. The van der Waals surface area contributed by atoms with E-state index in [-0.39, 0.29) is 12.1 Å². The lowest BCUT2D eigenvalue weighted by Gasteiger charge is -2.31. The number of aliphatic hydroxyl groups is 1. The first-order valence-electron chi connectivity index (χ1n) is 6.83. The van der Waals surface area contributed by atoms with Crippen LogP contribution in [0.2, 0.25) is 0 Å². The highest BCUT2D eigenvalue weighted by atomic mass is 16.7. The number of ether oxygens (including phenoxy) is 2. The third-order valence-corrected chi connectivity index (χ3v) is 4.19. The number of benzene rings is 1. The molecule has 0 saturated carbocycles. The van der Waals surface area contributed by atoms with Gasteiger partial charge in [0.05, 0.1) is 0 Å². The molecule has 104 valence electrons. The zero-order chi connectivity index (χ0) is 13.5. The first-order chi connectivity index (χ1) is 9.08. The molecule has 19 heavy (non-hydrogen) atoms. The Morgan fingerprint density at radius 3 is 2.84 bits per heavy atom. The zero-order valence-corrected chi connectivity index (χ0v) is 11.6. The fourth-order valence-electron chi connectivity index (χ4n) is 3.12. The molecule has 4 nitrogen and oxygen atoms in total. The van der Waals surface area contributed by atoms with Gasteiger partial charge in [0, 0.05) is 25.2 Å². The van der Waals surface area contributed by atoms with Crippen LogP contribution < -0.4 is 9.47 Å². The van der Waals surface area contributed by atoms with Crippen molar-refractivity contribution in [1.29, 1.82) is 0 Å². The molecule has 2 aliphatic heterocycles. The van der Waals surface area contributed by atoms with Crippen molar-refractivity contribution in [1.82, 2.24) is 4.90 Å². The van der Waals surface area contributed by atoms with Gasteiger partial charge in [0.15, 0.2) is 11.5 Å². The van der Waals surface area contributed by atoms with Gasteiger partial charge in [-0.05, 0) is 43.9 Å². The number of hydrogen-bond donors (Lipinski definition) is 1. The highest BCUT2D eigenvalue weighted by Gasteiger charge is 2.37. The summed E-state index contributed by atoms with van der Waals surface area (Å²) in [4.78, 5) is 2.44. The quantitative estimate of drug-likeness (QED) is 0.906. The summed E-state index contributed by atoms with van der Waals surface area (Å²) in [5, 5.41) is 9.35. The molecule has 1 aromatic rings. The Kier molecular flexibility index (Phi) is 3.15. The standard InChI is InChI=1S/C15H21NO3/c1-15(2)6-12(9-17)8-16(15)7-11-3-4-13-14(5-11)19-10-18-13/h3-5,12,17H,6-10H2,1-2H3. The van der Waals surface area contributed by atoms with Gasteiger partial charge in [0.1, 0.15) is 0 Å². The van der Waals surface area contributed by atoms with Gasteiger partial charge in [0.2, 0.25) is 6.79 Å². The van der Waals surface area contributed by atoms with Crippen molar-refractivity contribution in [3.8, 4) is 11.5 Å². The van der Waals surface area contributed by atoms with E-state index in [0.29, 0.717) is 12.7 Å². The predicted octanol–water partition coefficient (Wildman–Crippen LogP) is 2.01. The second-order valence-electron chi connectivity index (χ2n) is 6.13. The van der Waals surface area contributed by atoms with E-state index in [1.807, 2.05) is 6.07 Å². The Labute approximate surface area is 113 Å². The average molecular weight is 263 g/mol. The van der Waals surface area contributed by atoms with Gasteiger partial charge in [-0.15, -0.1) is 0 Å². The highest BCUT2D eigenvalue weighted by Crippen LogP contribution is 2.36. The molecule has 1 saturated heterocycles. The van der Waals surface area contributed by atoms with Crippen molar-refractivity contribution in [2.45, 2.75) is 32.4 Å². The molecule has 2 heterocycles. The summed E-state index contributed by atoms with van der Waals surface area (Å²) in [6.45, 7) is 6.94. The van der Waals surface area contributed by atoms with E-state index in [2.05, 4.69) is 30.9 Å². The lowest BCUT2D eigenvalue weighted by Crippen LogP contribution is -2.37. The minimum atomic E-state index is 0.143. The third-order valence-electron chi connectivity index (χ3n) is 4.19. The van der Waals surface area contributed by atoms with Crippen LogP contribution in [0.15, 0.2) is 18.2 Å². The van der Waals surface area contributed by atoms with Gasteiger partial charge in [-0.3, -0.25) is 4.90 Å². The van der Waals surface area contributed by atoms with E-state index in [9.17, 15) is 5.11 Å². The number of fused-ring (bicyclic) bond motifs is 1. The molecule has 1 atom stereocenters. The van der Waals surface area contributed by atoms with Crippen LogP contribution in [-0.4, -0.2) is 35.5 Å². The molecule has 0 aromatic heterocycles. The average Bonchev–Trinajstić information content (AvgIpc) is 2.94. The van der Waals surface area contributed by atoms with Gasteiger partial charge in [-0.2, -0.15) is 0 Å². The number of hydrogen-bond acceptors (Lipinski definition) is 4. The van der Waals surface area contributed by atoms with Crippen molar-refractivity contribution in [2.24, 2.45) is 5.92 Å².